The molecule has 21 heavy (non-hydrogen) atoms. The van der Waals surface area contributed by atoms with Gasteiger partial charge in [0.2, 0.25) is 5.91 Å². The van der Waals surface area contributed by atoms with Gasteiger partial charge in [-0.2, -0.15) is 0 Å². The highest BCUT2D eigenvalue weighted by atomic mass is 35.5. The fourth-order valence-corrected chi connectivity index (χ4v) is 2.26. The number of carbonyl (C=O) groups is 1. The van der Waals surface area contributed by atoms with Crippen molar-refractivity contribution in [3.8, 4) is 11.4 Å². The van der Waals surface area contributed by atoms with Crippen molar-refractivity contribution in [3.63, 3.8) is 0 Å². The Morgan fingerprint density at radius 2 is 2.00 bits per heavy atom. The van der Waals surface area contributed by atoms with Crippen LogP contribution in [0.1, 0.15) is 6.42 Å². The van der Waals surface area contributed by atoms with E-state index < -0.39 is 0 Å². The molecule has 1 atom stereocenters. The number of hydrogen-bond donors (Lipinski definition) is 3. The van der Waals surface area contributed by atoms with Gasteiger partial charge in [-0.15, -0.1) is 24.8 Å². The summed E-state index contributed by atoms with van der Waals surface area (Å²) in [6.45, 7) is 1.70. The van der Waals surface area contributed by atoms with Crippen LogP contribution in [0.3, 0.4) is 0 Å². The largest absolute Gasteiger partial charge is 0.345 e. The maximum absolute atomic E-state index is 12.0. The molecule has 1 aromatic heterocycles. The van der Waals surface area contributed by atoms with Crippen LogP contribution in [0.4, 0.5) is 5.69 Å². The van der Waals surface area contributed by atoms with Gasteiger partial charge < -0.3 is 15.6 Å². The summed E-state index contributed by atoms with van der Waals surface area (Å²) in [6, 6.07) is 7.69. The molecular weight excluding hydrogens is 311 g/mol. The van der Waals surface area contributed by atoms with Crippen LogP contribution >= 0.6 is 24.8 Å². The van der Waals surface area contributed by atoms with Gasteiger partial charge in [0.05, 0.1) is 5.92 Å². The van der Waals surface area contributed by atoms with Crippen molar-refractivity contribution in [2.45, 2.75) is 6.42 Å². The molecule has 1 unspecified atom stereocenters. The molecule has 0 bridgehead atoms. The van der Waals surface area contributed by atoms with E-state index in [9.17, 15) is 4.79 Å². The fraction of sp³-hybridized carbons (Fsp3) is 0.286. The third-order valence-corrected chi connectivity index (χ3v) is 3.36. The molecule has 1 aliphatic heterocycles. The summed E-state index contributed by atoms with van der Waals surface area (Å²) in [5.74, 6) is 1.01. The number of nitrogens with zero attached hydrogens (tertiary/aromatic N) is 1. The van der Waals surface area contributed by atoms with Crippen LogP contribution in [0.25, 0.3) is 11.4 Å². The number of imidazole rings is 1. The maximum atomic E-state index is 12.0. The monoisotopic (exact) mass is 328 g/mol. The number of rotatable bonds is 3. The Hall–Kier alpha value is -1.56. The average Bonchev–Trinajstić information content (AvgIpc) is 3.13. The Labute approximate surface area is 135 Å². The second-order valence-electron chi connectivity index (χ2n) is 4.69. The van der Waals surface area contributed by atoms with E-state index in [2.05, 4.69) is 20.6 Å². The lowest BCUT2D eigenvalue weighted by molar-refractivity contribution is -0.119. The minimum absolute atomic E-state index is 0. The number of amides is 1. The minimum Gasteiger partial charge on any atom is -0.345 e. The first-order chi connectivity index (χ1) is 9.33. The molecule has 3 rings (SSSR count). The Morgan fingerprint density at radius 1 is 1.24 bits per heavy atom. The summed E-state index contributed by atoms with van der Waals surface area (Å²) in [7, 11) is 0. The van der Waals surface area contributed by atoms with E-state index in [0.717, 1.165) is 36.6 Å². The minimum atomic E-state index is 0. The van der Waals surface area contributed by atoms with Crippen LogP contribution in [0, 0.1) is 5.92 Å². The van der Waals surface area contributed by atoms with Gasteiger partial charge in [0.1, 0.15) is 5.82 Å². The second kappa shape index (κ2) is 8.02. The topological polar surface area (TPSA) is 69.8 Å². The van der Waals surface area contributed by atoms with Gasteiger partial charge in [-0.1, -0.05) is 0 Å². The number of aromatic nitrogens is 2. The highest BCUT2D eigenvalue weighted by Crippen LogP contribution is 2.18. The van der Waals surface area contributed by atoms with Crippen LogP contribution in [0.5, 0.6) is 0 Å². The van der Waals surface area contributed by atoms with Crippen LogP contribution in [0.2, 0.25) is 0 Å². The first kappa shape index (κ1) is 17.5. The predicted molar refractivity (Wildman–Crippen MR) is 88.1 cm³/mol. The van der Waals surface area contributed by atoms with Crippen molar-refractivity contribution >= 4 is 36.4 Å². The van der Waals surface area contributed by atoms with Crippen LogP contribution in [-0.2, 0) is 4.79 Å². The molecular formula is C14H18Cl2N4O. The molecule has 114 valence electrons. The van der Waals surface area contributed by atoms with Gasteiger partial charge in [0.25, 0.3) is 0 Å². The number of anilines is 1. The number of halogens is 2. The fourth-order valence-electron chi connectivity index (χ4n) is 2.26. The van der Waals surface area contributed by atoms with E-state index in [-0.39, 0.29) is 36.6 Å². The molecule has 0 spiro atoms. The van der Waals surface area contributed by atoms with Crippen molar-refractivity contribution in [1.82, 2.24) is 15.3 Å². The summed E-state index contributed by atoms with van der Waals surface area (Å²) in [6.07, 6.45) is 4.42. The summed E-state index contributed by atoms with van der Waals surface area (Å²) < 4.78 is 0. The van der Waals surface area contributed by atoms with E-state index in [1.807, 2.05) is 24.3 Å². The number of benzene rings is 1. The zero-order valence-electron chi connectivity index (χ0n) is 11.3. The number of carbonyl (C=O) groups excluding carboxylic acids is 1. The molecule has 2 aromatic rings. The third-order valence-electron chi connectivity index (χ3n) is 3.36. The van der Waals surface area contributed by atoms with E-state index in [4.69, 9.17) is 0 Å². The third kappa shape index (κ3) is 4.20. The molecule has 2 heterocycles. The normalized spacial score (nSPS) is 16.7. The van der Waals surface area contributed by atoms with E-state index in [1.54, 1.807) is 12.4 Å². The van der Waals surface area contributed by atoms with Gasteiger partial charge in [-0.05, 0) is 37.2 Å². The molecule has 1 amide bonds. The lowest BCUT2D eigenvalue weighted by Gasteiger charge is -2.10. The highest BCUT2D eigenvalue weighted by Gasteiger charge is 2.22. The molecule has 0 radical (unpaired) electrons. The lowest BCUT2D eigenvalue weighted by atomic mass is 10.1. The number of hydrogen-bond acceptors (Lipinski definition) is 3. The Balaban J connectivity index is 0.00000110. The van der Waals surface area contributed by atoms with E-state index >= 15 is 0 Å². The second-order valence-corrected chi connectivity index (χ2v) is 4.69. The molecule has 1 aliphatic rings. The summed E-state index contributed by atoms with van der Waals surface area (Å²) in [5.41, 5.74) is 1.83. The zero-order valence-corrected chi connectivity index (χ0v) is 13.0. The van der Waals surface area contributed by atoms with Crippen LogP contribution in [-0.4, -0.2) is 29.0 Å². The average molecular weight is 329 g/mol. The Bertz CT molecular complexity index is 551. The number of aromatic amines is 1. The molecule has 1 fully saturated rings. The van der Waals surface area contributed by atoms with Gasteiger partial charge in [-0.3, -0.25) is 4.79 Å². The van der Waals surface area contributed by atoms with Gasteiger partial charge in [-0.25, -0.2) is 4.98 Å². The first-order valence-corrected chi connectivity index (χ1v) is 6.44. The Kier molecular flexibility index (Phi) is 6.68. The molecule has 3 N–H and O–H groups in total. The molecule has 1 aromatic carbocycles. The first-order valence-electron chi connectivity index (χ1n) is 6.44. The number of nitrogens with one attached hydrogen (secondary N) is 3. The Morgan fingerprint density at radius 3 is 2.57 bits per heavy atom. The molecule has 0 aliphatic carbocycles. The van der Waals surface area contributed by atoms with Gasteiger partial charge in [0.15, 0.2) is 0 Å². The maximum Gasteiger partial charge on any atom is 0.228 e. The SMILES string of the molecule is Cl.Cl.O=C(Nc1ccc(-c2ncc[nH]2)cc1)C1CCNC1. The van der Waals surface area contributed by atoms with Crippen LogP contribution < -0.4 is 10.6 Å². The molecule has 5 nitrogen and oxygen atoms in total. The van der Waals surface area contributed by atoms with Gasteiger partial charge >= 0.3 is 0 Å². The van der Waals surface area contributed by atoms with E-state index in [0.29, 0.717) is 0 Å². The quantitative estimate of drug-likeness (QED) is 0.810. The van der Waals surface area contributed by atoms with Crippen molar-refractivity contribution in [2.24, 2.45) is 5.92 Å². The molecule has 7 heteroatoms. The van der Waals surface area contributed by atoms with Crippen molar-refractivity contribution in [1.29, 1.82) is 0 Å². The summed E-state index contributed by atoms with van der Waals surface area (Å²) >= 11 is 0. The van der Waals surface area contributed by atoms with Crippen molar-refractivity contribution in [2.75, 3.05) is 18.4 Å². The smallest absolute Gasteiger partial charge is 0.228 e. The van der Waals surface area contributed by atoms with Crippen LogP contribution in [0.15, 0.2) is 36.7 Å². The molecule has 1 saturated heterocycles. The lowest BCUT2D eigenvalue weighted by Crippen LogP contribution is -2.24. The molecule has 0 saturated carbocycles. The highest BCUT2D eigenvalue weighted by molar-refractivity contribution is 5.93. The predicted octanol–water partition coefficient (Wildman–Crippen LogP) is 2.47. The number of H-pyrrole nitrogens is 1. The van der Waals surface area contributed by atoms with Gasteiger partial charge in [0, 0.05) is 30.2 Å². The summed E-state index contributed by atoms with van der Waals surface area (Å²) in [4.78, 5) is 19.2. The van der Waals surface area contributed by atoms with Crippen molar-refractivity contribution in [3.05, 3.63) is 36.7 Å². The zero-order chi connectivity index (χ0) is 13.1. The standard InChI is InChI=1S/C14H16N4O.2ClH/c19-14(11-5-6-15-9-11)18-12-3-1-10(2-4-12)13-16-7-8-17-13;;/h1-4,7-8,11,15H,5-6,9H2,(H,16,17)(H,18,19);2*1H. The van der Waals surface area contributed by atoms with E-state index in [1.165, 1.54) is 0 Å². The summed E-state index contributed by atoms with van der Waals surface area (Å²) in [5, 5.41) is 6.14. The van der Waals surface area contributed by atoms with Crippen molar-refractivity contribution < 1.29 is 4.79 Å².